The highest BCUT2D eigenvalue weighted by atomic mass is 31.2. The van der Waals surface area contributed by atoms with Gasteiger partial charge in [0.1, 0.15) is 0 Å². The molecule has 0 amide bonds. The monoisotopic (exact) mass is 472 g/mol. The molecule has 0 saturated heterocycles. The van der Waals surface area contributed by atoms with Crippen molar-refractivity contribution in [3.63, 3.8) is 0 Å². The van der Waals surface area contributed by atoms with Gasteiger partial charge in [0.05, 0.1) is 13.2 Å². The first-order valence-electron chi connectivity index (χ1n) is 11.6. The summed E-state index contributed by atoms with van der Waals surface area (Å²) in [5, 5.41) is 0. The van der Waals surface area contributed by atoms with E-state index in [-0.39, 0.29) is 42.2 Å². The Kier molecular flexibility index (Phi) is 10.7. The van der Waals surface area contributed by atoms with E-state index in [2.05, 4.69) is 47.6 Å². The van der Waals surface area contributed by atoms with Crippen LogP contribution in [0.2, 0.25) is 0 Å². The Morgan fingerprint density at radius 3 is 1.94 bits per heavy atom. The summed E-state index contributed by atoms with van der Waals surface area (Å²) in [7, 11) is -4.07. The second kappa shape index (κ2) is 13.0. The maximum Gasteiger partial charge on any atom is 0.532 e. The normalized spacial score (nSPS) is 15.5. The fraction of sp³-hybridized carbons (Fsp3) is 0.762. The molecular weight excluding hydrogens is 435 g/mol. The highest BCUT2D eigenvalue weighted by Crippen LogP contribution is 2.50. The van der Waals surface area contributed by atoms with Gasteiger partial charge in [-0.2, -0.15) is 4.98 Å². The van der Waals surface area contributed by atoms with Crippen LogP contribution in [0, 0.1) is 11.8 Å². The molecule has 182 valence electrons. The molecule has 0 spiro atoms. The molecule has 0 aromatic carbocycles. The van der Waals surface area contributed by atoms with E-state index in [4.69, 9.17) is 13.6 Å². The van der Waals surface area contributed by atoms with Crippen molar-refractivity contribution in [3.8, 4) is 6.01 Å². The molecule has 0 saturated carbocycles. The van der Waals surface area contributed by atoms with E-state index < -0.39 is 19.1 Å². The Hall–Kier alpha value is -1.90. The Labute approximate surface area is 188 Å². The number of nitrogens with one attached hydrogen (secondary N) is 3. The zero-order valence-corrected chi connectivity index (χ0v) is 20.5. The molecule has 2 unspecified atom stereocenters. The lowest BCUT2D eigenvalue weighted by Gasteiger charge is -2.23. The van der Waals surface area contributed by atoms with Crippen molar-refractivity contribution in [2.45, 2.75) is 79.1 Å². The summed E-state index contributed by atoms with van der Waals surface area (Å²) >= 11 is 0. The Bertz CT molecular complexity index is 961. The number of aromatic nitrogens is 4. The highest BCUT2D eigenvalue weighted by molar-refractivity contribution is 7.48. The average Bonchev–Trinajstić information content (AvgIpc) is 3.15. The summed E-state index contributed by atoms with van der Waals surface area (Å²) in [6.07, 6.45) is 7.89. The molecule has 0 bridgehead atoms. The van der Waals surface area contributed by atoms with E-state index in [1.807, 2.05) is 0 Å². The molecule has 0 fully saturated rings. The molecule has 11 heteroatoms. The van der Waals surface area contributed by atoms with Gasteiger partial charge in [0.2, 0.25) is 0 Å². The number of hydrogen-bond donors (Lipinski definition) is 3. The first-order chi connectivity index (χ1) is 15.3. The molecule has 2 heterocycles. The number of hydrogen-bond acceptors (Lipinski definition) is 7. The zero-order valence-electron chi connectivity index (χ0n) is 19.6. The van der Waals surface area contributed by atoms with Gasteiger partial charge >= 0.3 is 19.5 Å². The number of aromatic amines is 3. The van der Waals surface area contributed by atoms with Crippen LogP contribution in [-0.4, -0.2) is 33.1 Å². The number of H-pyrrole nitrogens is 3. The fourth-order valence-electron chi connectivity index (χ4n) is 3.34. The topological polar surface area (TPSA) is 139 Å². The van der Waals surface area contributed by atoms with Crippen molar-refractivity contribution in [3.05, 3.63) is 20.8 Å². The molecule has 0 aliphatic heterocycles. The van der Waals surface area contributed by atoms with Crippen LogP contribution < -0.4 is 15.8 Å². The maximum atomic E-state index is 13.5. The Morgan fingerprint density at radius 1 is 0.875 bits per heavy atom. The van der Waals surface area contributed by atoms with Crippen LogP contribution in [0.25, 0.3) is 11.2 Å². The predicted octanol–water partition coefficient (Wildman–Crippen LogP) is 4.89. The summed E-state index contributed by atoms with van der Waals surface area (Å²) in [5.74, 6) is 0.432. The van der Waals surface area contributed by atoms with Crippen molar-refractivity contribution in [1.29, 1.82) is 0 Å². The minimum atomic E-state index is -4.07. The maximum absolute atomic E-state index is 13.5. The SMILES string of the molecule is CCCCC(CC)COP(=O)(OCC(CC)CCCC)Oc1nc2[nH]c(=O)[nH]c2c(=O)[nH]1. The minimum Gasteiger partial charge on any atom is -0.370 e. The predicted molar refractivity (Wildman–Crippen MR) is 124 cm³/mol. The third-order valence-electron chi connectivity index (χ3n) is 5.59. The molecule has 0 aliphatic rings. The first kappa shape index (κ1) is 26.4. The van der Waals surface area contributed by atoms with Crippen molar-refractivity contribution in [2.75, 3.05) is 13.2 Å². The summed E-state index contributed by atoms with van der Waals surface area (Å²) < 4.78 is 30.4. The van der Waals surface area contributed by atoms with E-state index in [1.165, 1.54) is 0 Å². The van der Waals surface area contributed by atoms with Crippen molar-refractivity contribution in [1.82, 2.24) is 19.9 Å². The zero-order chi connectivity index (χ0) is 23.6. The van der Waals surface area contributed by atoms with E-state index in [0.717, 1.165) is 51.4 Å². The lowest BCUT2D eigenvalue weighted by atomic mass is 10.0. The average molecular weight is 473 g/mol. The van der Waals surface area contributed by atoms with Crippen LogP contribution in [0.3, 0.4) is 0 Å². The largest absolute Gasteiger partial charge is 0.532 e. The van der Waals surface area contributed by atoms with Crippen LogP contribution in [0.15, 0.2) is 9.59 Å². The fourth-order valence-corrected chi connectivity index (χ4v) is 4.61. The van der Waals surface area contributed by atoms with E-state index in [0.29, 0.717) is 0 Å². The standard InChI is InChI=1S/C21H37N4O6P/c1-5-9-11-15(7-3)13-29-32(28,30-14-16(8-4)12-10-6-2)31-21-24-18-17(19(26)25-21)22-20(27)23-18/h15-16H,5-14H2,1-4H3,(H3,22,23,24,25,26,27). The van der Waals surface area contributed by atoms with Crippen LogP contribution >= 0.6 is 7.82 Å². The number of phosphoric acid groups is 1. The third kappa shape index (κ3) is 7.90. The van der Waals surface area contributed by atoms with Gasteiger partial charge in [-0.15, -0.1) is 0 Å². The molecule has 2 aromatic rings. The number of fused-ring (bicyclic) bond motifs is 1. The number of imidazole rings is 1. The quantitative estimate of drug-likeness (QED) is 0.295. The molecule has 0 aliphatic carbocycles. The molecule has 0 radical (unpaired) electrons. The minimum absolute atomic E-state index is 0.00376. The van der Waals surface area contributed by atoms with Crippen molar-refractivity contribution < 1.29 is 18.1 Å². The van der Waals surface area contributed by atoms with Crippen LogP contribution in [0.4, 0.5) is 0 Å². The van der Waals surface area contributed by atoms with Crippen molar-refractivity contribution in [2.24, 2.45) is 11.8 Å². The lowest BCUT2D eigenvalue weighted by molar-refractivity contribution is 0.113. The number of phosphoric ester groups is 1. The molecular formula is C21H37N4O6P. The summed E-state index contributed by atoms with van der Waals surface area (Å²) in [5.41, 5.74) is -1.22. The van der Waals surface area contributed by atoms with E-state index >= 15 is 0 Å². The van der Waals surface area contributed by atoms with Crippen LogP contribution in [-0.2, 0) is 13.6 Å². The smallest absolute Gasteiger partial charge is 0.370 e. The van der Waals surface area contributed by atoms with Gasteiger partial charge in [-0.1, -0.05) is 66.2 Å². The lowest BCUT2D eigenvalue weighted by Crippen LogP contribution is -2.16. The van der Waals surface area contributed by atoms with E-state index in [9.17, 15) is 14.2 Å². The van der Waals surface area contributed by atoms with Crippen LogP contribution in [0.5, 0.6) is 6.01 Å². The Morgan fingerprint density at radius 2 is 1.44 bits per heavy atom. The summed E-state index contributed by atoms with van der Waals surface area (Å²) in [6.45, 7) is 8.79. The molecule has 3 N–H and O–H groups in total. The first-order valence-corrected chi connectivity index (χ1v) is 13.1. The van der Waals surface area contributed by atoms with Gasteiger partial charge in [-0.3, -0.25) is 28.8 Å². The van der Waals surface area contributed by atoms with Gasteiger partial charge in [-0.05, 0) is 24.7 Å². The number of unbranched alkanes of at least 4 members (excludes halogenated alkanes) is 2. The summed E-state index contributed by atoms with van der Waals surface area (Å²) in [6, 6.07) is -0.329. The van der Waals surface area contributed by atoms with Gasteiger partial charge in [0.25, 0.3) is 5.56 Å². The highest BCUT2D eigenvalue weighted by Gasteiger charge is 2.32. The van der Waals surface area contributed by atoms with Gasteiger partial charge in [0, 0.05) is 0 Å². The van der Waals surface area contributed by atoms with Crippen molar-refractivity contribution >= 4 is 19.0 Å². The van der Waals surface area contributed by atoms with Gasteiger partial charge < -0.3 is 4.52 Å². The second-order valence-corrected chi connectivity index (χ2v) is 9.73. The van der Waals surface area contributed by atoms with Gasteiger partial charge in [-0.25, -0.2) is 9.36 Å². The summed E-state index contributed by atoms with van der Waals surface area (Å²) in [4.78, 5) is 34.9. The number of nitrogens with zero attached hydrogens (tertiary/aromatic N) is 1. The molecule has 2 aromatic heterocycles. The second-order valence-electron chi connectivity index (χ2n) is 8.14. The molecule has 10 nitrogen and oxygen atoms in total. The van der Waals surface area contributed by atoms with Gasteiger partial charge in [0.15, 0.2) is 11.2 Å². The molecule has 2 atom stereocenters. The van der Waals surface area contributed by atoms with E-state index in [1.54, 1.807) is 0 Å². The Balaban J connectivity index is 2.20. The third-order valence-corrected chi connectivity index (χ3v) is 6.92. The molecule has 2 rings (SSSR count). The van der Waals surface area contributed by atoms with Crippen LogP contribution in [0.1, 0.15) is 79.1 Å². The molecule has 32 heavy (non-hydrogen) atoms. The number of rotatable bonds is 16.